The van der Waals surface area contributed by atoms with Gasteiger partial charge in [-0.05, 0) is 44.2 Å². The van der Waals surface area contributed by atoms with E-state index in [4.69, 9.17) is 9.47 Å². The Morgan fingerprint density at radius 2 is 2.35 bits per heavy atom. The second-order valence-corrected chi connectivity index (χ2v) is 7.21. The van der Waals surface area contributed by atoms with Gasteiger partial charge in [-0.25, -0.2) is 0 Å². The van der Waals surface area contributed by atoms with Crippen LogP contribution in [0.4, 0.5) is 0 Å². The van der Waals surface area contributed by atoms with E-state index in [9.17, 15) is 5.11 Å². The average molecular weight is 315 g/mol. The largest absolute Gasteiger partial charge is 0.493 e. The van der Waals surface area contributed by atoms with Crippen molar-refractivity contribution in [3.8, 4) is 11.5 Å². The van der Waals surface area contributed by atoms with Crippen molar-refractivity contribution in [2.24, 2.45) is 0 Å². The highest BCUT2D eigenvalue weighted by Gasteiger charge is 2.66. The van der Waals surface area contributed by atoms with Crippen molar-refractivity contribution in [1.82, 2.24) is 5.32 Å². The first-order chi connectivity index (χ1) is 11.1. The number of nitrogens with one attached hydrogen (secondary N) is 1. The van der Waals surface area contributed by atoms with E-state index in [0.29, 0.717) is 6.54 Å². The van der Waals surface area contributed by atoms with Gasteiger partial charge < -0.3 is 19.9 Å². The molecule has 0 bridgehead atoms. The number of hydrogen-bond acceptors (Lipinski definition) is 4. The lowest BCUT2D eigenvalue weighted by molar-refractivity contribution is -0.124. The Morgan fingerprint density at radius 1 is 1.52 bits per heavy atom. The van der Waals surface area contributed by atoms with Crippen molar-refractivity contribution < 1.29 is 14.6 Å². The Labute approximate surface area is 137 Å². The standard InChI is InChI=1S/C19H25NO3/c1-4-10-20-14-11-12-7-8-13(22-3)17-16(12)18(2)15(23-17)6-5-9-19(14,18)21/h4,7-8,14-15,20-21H,1,5-6,9-11H2,2-3H3/t14-,15+,18-,19-/m0/s1. The highest BCUT2D eigenvalue weighted by atomic mass is 16.5. The fourth-order valence-electron chi connectivity index (χ4n) is 5.09. The molecule has 1 fully saturated rings. The van der Waals surface area contributed by atoms with Gasteiger partial charge in [0.25, 0.3) is 0 Å². The number of benzene rings is 1. The molecule has 1 aromatic carbocycles. The van der Waals surface area contributed by atoms with Gasteiger partial charge in [0.15, 0.2) is 11.5 Å². The van der Waals surface area contributed by atoms with Crippen LogP contribution in [0.25, 0.3) is 0 Å². The van der Waals surface area contributed by atoms with Gasteiger partial charge in [0.05, 0.1) is 18.1 Å². The van der Waals surface area contributed by atoms with Crippen molar-refractivity contribution in [1.29, 1.82) is 0 Å². The van der Waals surface area contributed by atoms with Crippen LogP contribution in [0.3, 0.4) is 0 Å². The van der Waals surface area contributed by atoms with Gasteiger partial charge in [-0.2, -0.15) is 0 Å². The molecule has 23 heavy (non-hydrogen) atoms. The molecule has 1 aliphatic heterocycles. The molecule has 0 unspecified atom stereocenters. The lowest BCUT2D eigenvalue weighted by Gasteiger charge is -2.55. The van der Waals surface area contributed by atoms with Gasteiger partial charge in [0.2, 0.25) is 0 Å². The summed E-state index contributed by atoms with van der Waals surface area (Å²) < 4.78 is 11.8. The maximum Gasteiger partial charge on any atom is 0.165 e. The molecule has 0 amide bonds. The summed E-state index contributed by atoms with van der Waals surface area (Å²) in [4.78, 5) is 0. The molecule has 0 saturated heterocycles. The van der Waals surface area contributed by atoms with E-state index in [2.05, 4.69) is 24.9 Å². The number of ether oxygens (including phenoxy) is 2. The van der Waals surface area contributed by atoms with Gasteiger partial charge >= 0.3 is 0 Å². The third-order valence-electron chi connectivity index (χ3n) is 6.28. The van der Waals surface area contributed by atoms with Crippen molar-refractivity contribution >= 4 is 0 Å². The molecule has 4 heteroatoms. The molecular weight excluding hydrogens is 290 g/mol. The molecule has 4 nitrogen and oxygen atoms in total. The summed E-state index contributed by atoms with van der Waals surface area (Å²) in [6, 6.07) is 4.14. The van der Waals surface area contributed by atoms with E-state index < -0.39 is 5.60 Å². The van der Waals surface area contributed by atoms with Gasteiger partial charge in [0.1, 0.15) is 6.10 Å². The van der Waals surface area contributed by atoms with Gasteiger partial charge in [0, 0.05) is 18.2 Å². The second-order valence-electron chi connectivity index (χ2n) is 7.21. The number of hydrogen-bond donors (Lipinski definition) is 2. The third kappa shape index (κ3) is 1.74. The summed E-state index contributed by atoms with van der Waals surface area (Å²) >= 11 is 0. The van der Waals surface area contributed by atoms with Crippen molar-refractivity contribution in [2.75, 3.05) is 13.7 Å². The molecule has 1 heterocycles. The molecule has 1 aromatic rings. The van der Waals surface area contributed by atoms with Gasteiger partial charge in [-0.15, -0.1) is 6.58 Å². The van der Waals surface area contributed by atoms with Crippen molar-refractivity contribution in [3.05, 3.63) is 35.9 Å². The van der Waals surface area contributed by atoms with Crippen molar-refractivity contribution in [3.63, 3.8) is 0 Å². The van der Waals surface area contributed by atoms with Crippen LogP contribution in [0.2, 0.25) is 0 Å². The van der Waals surface area contributed by atoms with Crippen LogP contribution in [0.1, 0.15) is 37.3 Å². The molecule has 2 aliphatic carbocycles. The summed E-state index contributed by atoms with van der Waals surface area (Å²) in [6.07, 6.45) is 5.43. The fourth-order valence-corrected chi connectivity index (χ4v) is 5.09. The number of rotatable bonds is 4. The third-order valence-corrected chi connectivity index (χ3v) is 6.28. The molecule has 4 atom stereocenters. The van der Waals surface area contributed by atoms with Crippen LogP contribution < -0.4 is 14.8 Å². The van der Waals surface area contributed by atoms with Gasteiger partial charge in [-0.1, -0.05) is 12.1 Å². The normalized spacial score (nSPS) is 37.0. The zero-order valence-corrected chi connectivity index (χ0v) is 13.9. The fraction of sp³-hybridized carbons (Fsp3) is 0.579. The first kappa shape index (κ1) is 15.0. The minimum absolute atomic E-state index is 0.0135. The highest BCUT2D eigenvalue weighted by molar-refractivity contribution is 5.61. The Balaban J connectivity index is 1.91. The summed E-state index contributed by atoms with van der Waals surface area (Å²) in [5.74, 6) is 1.62. The van der Waals surface area contributed by atoms with E-state index in [1.807, 2.05) is 12.1 Å². The molecule has 0 spiro atoms. The molecule has 1 saturated carbocycles. The summed E-state index contributed by atoms with van der Waals surface area (Å²) in [7, 11) is 1.68. The Morgan fingerprint density at radius 3 is 3.09 bits per heavy atom. The molecule has 2 N–H and O–H groups in total. The molecule has 3 aliphatic rings. The predicted octanol–water partition coefficient (Wildman–Crippen LogP) is 2.33. The maximum absolute atomic E-state index is 11.7. The van der Waals surface area contributed by atoms with E-state index in [0.717, 1.165) is 37.2 Å². The lowest BCUT2D eigenvalue weighted by Crippen LogP contribution is -2.69. The zero-order valence-electron chi connectivity index (χ0n) is 13.9. The minimum Gasteiger partial charge on any atom is -0.493 e. The van der Waals surface area contributed by atoms with E-state index in [-0.39, 0.29) is 17.6 Å². The molecule has 124 valence electrons. The molecular formula is C19H25NO3. The van der Waals surface area contributed by atoms with Crippen LogP contribution in [0.15, 0.2) is 24.8 Å². The summed E-state index contributed by atoms with van der Waals surface area (Å²) in [5.41, 5.74) is 1.24. The van der Waals surface area contributed by atoms with Crippen LogP contribution in [-0.2, 0) is 11.8 Å². The van der Waals surface area contributed by atoms with Gasteiger partial charge in [-0.3, -0.25) is 0 Å². The average Bonchev–Trinajstić information content (AvgIpc) is 2.86. The Kier molecular flexibility index (Phi) is 3.26. The first-order valence-corrected chi connectivity index (χ1v) is 8.50. The molecule has 0 aromatic heterocycles. The highest BCUT2D eigenvalue weighted by Crippen LogP contribution is 2.61. The van der Waals surface area contributed by atoms with Crippen LogP contribution in [-0.4, -0.2) is 36.5 Å². The maximum atomic E-state index is 11.7. The van der Waals surface area contributed by atoms with Crippen LogP contribution >= 0.6 is 0 Å². The predicted molar refractivity (Wildman–Crippen MR) is 89.3 cm³/mol. The quantitative estimate of drug-likeness (QED) is 0.837. The van der Waals surface area contributed by atoms with E-state index in [1.165, 1.54) is 11.1 Å². The second kappa shape index (κ2) is 4.99. The van der Waals surface area contributed by atoms with E-state index >= 15 is 0 Å². The molecule has 4 rings (SSSR count). The topological polar surface area (TPSA) is 50.7 Å². The Bertz CT molecular complexity index is 658. The van der Waals surface area contributed by atoms with Crippen LogP contribution in [0, 0.1) is 0 Å². The van der Waals surface area contributed by atoms with Crippen molar-refractivity contribution in [2.45, 2.75) is 55.8 Å². The smallest absolute Gasteiger partial charge is 0.165 e. The summed E-state index contributed by atoms with van der Waals surface area (Å²) in [6.45, 7) is 6.67. The monoisotopic (exact) mass is 315 g/mol. The molecule has 0 radical (unpaired) electrons. The zero-order chi connectivity index (χ0) is 16.2. The van der Waals surface area contributed by atoms with E-state index in [1.54, 1.807) is 7.11 Å². The Hall–Kier alpha value is -1.52. The lowest BCUT2D eigenvalue weighted by atomic mass is 9.53. The number of methoxy groups -OCH3 is 1. The van der Waals surface area contributed by atoms with Crippen LogP contribution in [0.5, 0.6) is 11.5 Å². The minimum atomic E-state index is -0.802. The summed E-state index contributed by atoms with van der Waals surface area (Å²) in [5, 5.41) is 15.2. The first-order valence-electron chi connectivity index (χ1n) is 8.50. The SMILES string of the molecule is C=CCN[C@H]1Cc2ccc(OC)c3c2[C@]2(C)[C@@H](CCC[C@]12O)O3. The number of aliphatic hydroxyl groups is 1.